The van der Waals surface area contributed by atoms with Crippen molar-refractivity contribution in [1.82, 2.24) is 14.8 Å². The van der Waals surface area contributed by atoms with E-state index in [1.54, 1.807) is 16.0 Å². The summed E-state index contributed by atoms with van der Waals surface area (Å²) >= 11 is 1.60. The molecule has 0 fully saturated rings. The van der Waals surface area contributed by atoms with Crippen molar-refractivity contribution in [1.29, 1.82) is 0 Å². The molecule has 0 atom stereocenters. The molecule has 2 rings (SSSR count). The van der Waals surface area contributed by atoms with Crippen molar-refractivity contribution in [2.24, 2.45) is 7.05 Å². The fourth-order valence-corrected chi connectivity index (χ4v) is 2.30. The smallest absolute Gasteiger partial charge is 0.170 e. The molecule has 0 saturated carbocycles. The minimum atomic E-state index is 0.776. The highest BCUT2D eigenvalue weighted by atomic mass is 32.1. The van der Waals surface area contributed by atoms with Crippen LogP contribution in [0.25, 0.3) is 10.7 Å². The highest BCUT2D eigenvalue weighted by Gasteiger charge is 2.12. The SMILES string of the molecule is CCCc1nc(-c2sccc2N)n(C)n1. The van der Waals surface area contributed by atoms with Crippen molar-refractivity contribution in [3.63, 3.8) is 0 Å². The third-order valence-electron chi connectivity index (χ3n) is 2.18. The van der Waals surface area contributed by atoms with Gasteiger partial charge >= 0.3 is 0 Å². The molecule has 15 heavy (non-hydrogen) atoms. The molecular formula is C10H14N4S. The molecule has 2 heterocycles. The Bertz CT molecular complexity index is 458. The Morgan fingerprint density at radius 3 is 2.93 bits per heavy atom. The van der Waals surface area contributed by atoms with E-state index in [0.29, 0.717) is 0 Å². The van der Waals surface area contributed by atoms with E-state index in [9.17, 15) is 0 Å². The van der Waals surface area contributed by atoms with Crippen molar-refractivity contribution >= 4 is 17.0 Å². The van der Waals surface area contributed by atoms with E-state index in [0.717, 1.165) is 35.1 Å². The third-order valence-corrected chi connectivity index (χ3v) is 3.11. The lowest BCUT2D eigenvalue weighted by molar-refractivity contribution is 0.738. The van der Waals surface area contributed by atoms with Crippen molar-refractivity contribution in [3.05, 3.63) is 17.3 Å². The maximum atomic E-state index is 5.85. The van der Waals surface area contributed by atoms with Crippen LogP contribution >= 0.6 is 11.3 Å². The van der Waals surface area contributed by atoms with E-state index in [2.05, 4.69) is 17.0 Å². The lowest BCUT2D eigenvalue weighted by Crippen LogP contribution is -1.95. The van der Waals surface area contributed by atoms with Gasteiger partial charge in [0.25, 0.3) is 0 Å². The summed E-state index contributed by atoms with van der Waals surface area (Å²) in [5.41, 5.74) is 6.63. The number of aryl methyl sites for hydroxylation is 2. The molecule has 0 aromatic carbocycles. The van der Waals surface area contributed by atoms with E-state index in [-0.39, 0.29) is 0 Å². The van der Waals surface area contributed by atoms with Crippen molar-refractivity contribution < 1.29 is 0 Å². The molecule has 0 saturated heterocycles. The second kappa shape index (κ2) is 4.02. The maximum absolute atomic E-state index is 5.85. The lowest BCUT2D eigenvalue weighted by Gasteiger charge is -1.96. The van der Waals surface area contributed by atoms with Gasteiger partial charge in [-0.2, -0.15) is 5.10 Å². The van der Waals surface area contributed by atoms with Gasteiger partial charge in [0, 0.05) is 13.5 Å². The molecule has 0 amide bonds. The summed E-state index contributed by atoms with van der Waals surface area (Å²) in [6.45, 7) is 2.12. The van der Waals surface area contributed by atoms with Gasteiger partial charge in [0.1, 0.15) is 0 Å². The zero-order valence-electron chi connectivity index (χ0n) is 8.90. The van der Waals surface area contributed by atoms with Crippen molar-refractivity contribution in [2.45, 2.75) is 19.8 Å². The van der Waals surface area contributed by atoms with E-state index in [1.807, 2.05) is 18.5 Å². The molecule has 2 aromatic heterocycles. The van der Waals surface area contributed by atoms with Gasteiger partial charge in [0.2, 0.25) is 0 Å². The average Bonchev–Trinajstić information content (AvgIpc) is 2.73. The van der Waals surface area contributed by atoms with Crippen LogP contribution in [0.15, 0.2) is 11.4 Å². The average molecular weight is 222 g/mol. The largest absolute Gasteiger partial charge is 0.397 e. The quantitative estimate of drug-likeness (QED) is 0.865. The second-order valence-electron chi connectivity index (χ2n) is 3.43. The monoisotopic (exact) mass is 222 g/mol. The highest BCUT2D eigenvalue weighted by molar-refractivity contribution is 7.14. The Kier molecular flexibility index (Phi) is 2.73. The van der Waals surface area contributed by atoms with Crippen LogP contribution in [-0.2, 0) is 13.5 Å². The Morgan fingerprint density at radius 2 is 2.33 bits per heavy atom. The molecule has 5 heteroatoms. The van der Waals surface area contributed by atoms with Gasteiger partial charge in [-0.25, -0.2) is 9.67 Å². The Hall–Kier alpha value is -1.36. The van der Waals surface area contributed by atoms with Gasteiger partial charge in [0.05, 0.1) is 10.6 Å². The molecular weight excluding hydrogens is 208 g/mol. The van der Waals surface area contributed by atoms with Crippen molar-refractivity contribution in [3.8, 4) is 10.7 Å². The number of rotatable bonds is 3. The van der Waals surface area contributed by atoms with Gasteiger partial charge in [0.15, 0.2) is 11.6 Å². The van der Waals surface area contributed by atoms with Gasteiger partial charge in [-0.15, -0.1) is 11.3 Å². The molecule has 4 nitrogen and oxygen atoms in total. The summed E-state index contributed by atoms with van der Waals surface area (Å²) in [6, 6.07) is 1.90. The van der Waals surface area contributed by atoms with E-state index >= 15 is 0 Å². The third kappa shape index (κ3) is 1.87. The van der Waals surface area contributed by atoms with Crippen molar-refractivity contribution in [2.75, 3.05) is 5.73 Å². The van der Waals surface area contributed by atoms with Gasteiger partial charge in [-0.1, -0.05) is 6.92 Å². The van der Waals surface area contributed by atoms with Crippen LogP contribution in [0.3, 0.4) is 0 Å². The number of nitrogen functional groups attached to an aromatic ring is 1. The number of thiophene rings is 1. The van der Waals surface area contributed by atoms with Gasteiger partial charge in [-0.3, -0.25) is 0 Å². The first-order valence-electron chi connectivity index (χ1n) is 4.95. The van der Waals surface area contributed by atoms with Crippen LogP contribution in [0.4, 0.5) is 5.69 Å². The molecule has 0 aliphatic rings. The second-order valence-corrected chi connectivity index (χ2v) is 4.35. The molecule has 0 aliphatic heterocycles. The van der Waals surface area contributed by atoms with E-state index in [4.69, 9.17) is 5.73 Å². The summed E-state index contributed by atoms with van der Waals surface area (Å²) in [5, 5.41) is 6.33. The summed E-state index contributed by atoms with van der Waals surface area (Å²) in [5.74, 6) is 1.76. The van der Waals surface area contributed by atoms with Crippen LogP contribution in [0.5, 0.6) is 0 Å². The molecule has 2 aromatic rings. The zero-order chi connectivity index (χ0) is 10.8. The fourth-order valence-electron chi connectivity index (χ4n) is 1.47. The standard InChI is InChI=1S/C10H14N4S/c1-3-4-8-12-10(14(2)13-8)9-7(11)5-6-15-9/h5-6H,3-4,11H2,1-2H3. The minimum absolute atomic E-state index is 0.776. The predicted molar refractivity (Wildman–Crippen MR) is 62.7 cm³/mol. The summed E-state index contributed by atoms with van der Waals surface area (Å²) in [7, 11) is 1.90. The molecule has 0 aliphatic carbocycles. The van der Waals surface area contributed by atoms with Crippen LogP contribution in [-0.4, -0.2) is 14.8 Å². The van der Waals surface area contributed by atoms with E-state index in [1.165, 1.54) is 0 Å². The maximum Gasteiger partial charge on any atom is 0.170 e. The number of hydrogen-bond acceptors (Lipinski definition) is 4. The van der Waals surface area contributed by atoms with E-state index < -0.39 is 0 Å². The van der Waals surface area contributed by atoms with Gasteiger partial charge in [-0.05, 0) is 17.9 Å². The zero-order valence-corrected chi connectivity index (χ0v) is 9.71. The summed E-state index contributed by atoms with van der Waals surface area (Å²) in [6.07, 6.45) is 1.97. The summed E-state index contributed by atoms with van der Waals surface area (Å²) < 4.78 is 1.80. The Morgan fingerprint density at radius 1 is 1.53 bits per heavy atom. The number of aromatic nitrogens is 3. The lowest BCUT2D eigenvalue weighted by atomic mass is 10.3. The highest BCUT2D eigenvalue weighted by Crippen LogP contribution is 2.29. The number of nitrogens with two attached hydrogens (primary N) is 1. The first-order chi connectivity index (χ1) is 7.22. The number of hydrogen-bond donors (Lipinski definition) is 1. The molecule has 2 N–H and O–H groups in total. The topological polar surface area (TPSA) is 56.7 Å². The van der Waals surface area contributed by atoms with Gasteiger partial charge < -0.3 is 5.73 Å². The fraction of sp³-hybridized carbons (Fsp3) is 0.400. The predicted octanol–water partition coefficient (Wildman–Crippen LogP) is 2.08. The molecule has 0 spiro atoms. The molecule has 80 valence electrons. The summed E-state index contributed by atoms with van der Waals surface area (Å²) in [4.78, 5) is 5.49. The van der Waals surface area contributed by atoms with Crippen LogP contribution in [0, 0.1) is 0 Å². The number of nitrogens with zero attached hydrogens (tertiary/aromatic N) is 3. The molecule has 0 unspecified atom stereocenters. The number of anilines is 1. The normalized spacial score (nSPS) is 10.8. The Labute approximate surface area is 92.8 Å². The molecule has 0 radical (unpaired) electrons. The molecule has 0 bridgehead atoms. The minimum Gasteiger partial charge on any atom is -0.397 e. The van der Waals surface area contributed by atoms with Crippen LogP contribution in [0.2, 0.25) is 0 Å². The first-order valence-corrected chi connectivity index (χ1v) is 5.83. The Balaban J connectivity index is 2.40. The van der Waals surface area contributed by atoms with Crippen LogP contribution < -0.4 is 5.73 Å². The first kappa shape index (κ1) is 10.2. The van der Waals surface area contributed by atoms with Crippen LogP contribution in [0.1, 0.15) is 19.2 Å².